The van der Waals surface area contributed by atoms with Crippen LogP contribution in [0.3, 0.4) is 0 Å². The molecule has 356 valence electrons. The van der Waals surface area contributed by atoms with Crippen LogP contribution < -0.4 is 4.90 Å². The van der Waals surface area contributed by atoms with Crippen LogP contribution in [0.5, 0.6) is 0 Å². The number of ketones is 1. The fourth-order valence-corrected chi connectivity index (χ4v) is 9.43. The second-order valence-electron chi connectivity index (χ2n) is 17.1. The van der Waals surface area contributed by atoms with Gasteiger partial charge in [0.1, 0.15) is 23.7 Å². The normalized spacial score (nSPS) is 15.8. The van der Waals surface area contributed by atoms with Crippen molar-refractivity contribution >= 4 is 52.6 Å². The summed E-state index contributed by atoms with van der Waals surface area (Å²) in [4.78, 5) is 72.8. The summed E-state index contributed by atoms with van der Waals surface area (Å²) in [7, 11) is 2.68. The first-order valence-electron chi connectivity index (χ1n) is 23.0. The SMILES string of the molecule is COC(=O)[C@@H]1CN(C(=S)CC(C)=O)CCN1C(=O)C(c1ccccc1)c1ccccc1.COC(=O)[C@@H]1CN(c2cc(C)nn2Cc2ccccc2)CCN1C(=O)C(c1ccccc1)c1ccccc1. The molecular formula is C55H58N6O7S. The molecule has 3 heterocycles. The van der Waals surface area contributed by atoms with Gasteiger partial charge in [-0.2, -0.15) is 5.10 Å². The summed E-state index contributed by atoms with van der Waals surface area (Å²) in [5.41, 5.74) is 5.55. The molecule has 0 aliphatic carbocycles. The summed E-state index contributed by atoms with van der Waals surface area (Å²) in [6.07, 6.45) is 0.147. The minimum atomic E-state index is -0.800. The molecule has 0 spiro atoms. The predicted molar refractivity (Wildman–Crippen MR) is 269 cm³/mol. The van der Waals surface area contributed by atoms with E-state index >= 15 is 0 Å². The quantitative estimate of drug-likeness (QED) is 0.0870. The van der Waals surface area contributed by atoms with E-state index in [-0.39, 0.29) is 30.6 Å². The van der Waals surface area contributed by atoms with Crippen molar-refractivity contribution in [2.45, 2.75) is 50.7 Å². The van der Waals surface area contributed by atoms with Gasteiger partial charge in [0.25, 0.3) is 0 Å². The lowest BCUT2D eigenvalue weighted by Gasteiger charge is -2.42. The molecule has 2 atom stereocenters. The topological polar surface area (TPSA) is 135 Å². The van der Waals surface area contributed by atoms with Gasteiger partial charge in [0, 0.05) is 38.8 Å². The van der Waals surface area contributed by atoms with Crippen LogP contribution in [0.2, 0.25) is 0 Å². The Morgan fingerprint density at radius 2 is 1.00 bits per heavy atom. The molecule has 0 bridgehead atoms. The lowest BCUT2D eigenvalue weighted by Crippen LogP contribution is -2.60. The molecule has 0 saturated carbocycles. The van der Waals surface area contributed by atoms with Crippen LogP contribution in [0.15, 0.2) is 158 Å². The summed E-state index contributed by atoms with van der Waals surface area (Å²) >= 11 is 5.38. The van der Waals surface area contributed by atoms with Crippen LogP contribution in [0, 0.1) is 6.92 Å². The second-order valence-corrected chi connectivity index (χ2v) is 17.6. The highest BCUT2D eigenvalue weighted by atomic mass is 32.1. The van der Waals surface area contributed by atoms with Crippen molar-refractivity contribution in [1.82, 2.24) is 24.5 Å². The fourth-order valence-electron chi connectivity index (χ4n) is 9.06. The lowest BCUT2D eigenvalue weighted by atomic mass is 9.89. The number of amides is 2. The molecule has 8 rings (SSSR count). The zero-order valence-electron chi connectivity index (χ0n) is 39.4. The first kappa shape index (κ1) is 49.5. The average molecular weight is 947 g/mol. The maximum Gasteiger partial charge on any atom is 0.330 e. The Bertz CT molecular complexity index is 2610. The minimum absolute atomic E-state index is 0.0358. The van der Waals surface area contributed by atoms with Gasteiger partial charge in [-0.25, -0.2) is 14.3 Å². The number of anilines is 1. The first-order valence-corrected chi connectivity index (χ1v) is 23.4. The van der Waals surface area contributed by atoms with Crippen molar-refractivity contribution in [3.63, 3.8) is 0 Å². The van der Waals surface area contributed by atoms with Gasteiger partial charge in [0.05, 0.1) is 56.2 Å². The van der Waals surface area contributed by atoms with Crippen molar-refractivity contribution in [3.8, 4) is 0 Å². The fraction of sp³-hybridized carbons (Fsp3) is 0.291. The summed E-state index contributed by atoms with van der Waals surface area (Å²) in [6.45, 7) is 6.35. The van der Waals surface area contributed by atoms with Gasteiger partial charge < -0.3 is 29.1 Å². The van der Waals surface area contributed by atoms with E-state index in [2.05, 4.69) is 17.0 Å². The van der Waals surface area contributed by atoms with Crippen molar-refractivity contribution in [2.24, 2.45) is 0 Å². The van der Waals surface area contributed by atoms with E-state index in [0.717, 1.165) is 39.3 Å². The summed E-state index contributed by atoms with van der Waals surface area (Å²) in [6, 6.07) is 49.2. The van der Waals surface area contributed by atoms with Gasteiger partial charge in [-0.05, 0) is 41.7 Å². The van der Waals surface area contributed by atoms with Gasteiger partial charge in [-0.3, -0.25) is 14.4 Å². The van der Waals surface area contributed by atoms with Crippen LogP contribution in [-0.2, 0) is 40.0 Å². The highest BCUT2D eigenvalue weighted by Crippen LogP contribution is 2.32. The van der Waals surface area contributed by atoms with E-state index in [4.69, 9.17) is 26.8 Å². The van der Waals surface area contributed by atoms with E-state index in [9.17, 15) is 24.0 Å². The summed E-state index contributed by atoms with van der Waals surface area (Å²) < 4.78 is 12.2. The molecule has 2 aliphatic rings. The number of Topliss-reactive ketones (excluding diaryl/α,β-unsaturated/α-hetero) is 1. The Morgan fingerprint density at radius 1 is 0.594 bits per heavy atom. The predicted octanol–water partition coefficient (Wildman–Crippen LogP) is 7.07. The number of benzene rings is 5. The largest absolute Gasteiger partial charge is 0.467 e. The number of thiocarbonyl (C=S) groups is 1. The lowest BCUT2D eigenvalue weighted by molar-refractivity contribution is -0.155. The van der Waals surface area contributed by atoms with Crippen molar-refractivity contribution in [2.75, 3.05) is 58.4 Å². The number of carbonyl (C=O) groups excluding carboxylic acids is 5. The number of rotatable bonds is 13. The van der Waals surface area contributed by atoms with E-state index in [1.807, 2.05) is 162 Å². The molecule has 0 radical (unpaired) electrons. The Morgan fingerprint density at radius 3 is 1.42 bits per heavy atom. The van der Waals surface area contributed by atoms with E-state index in [1.54, 1.807) is 9.80 Å². The number of hydrogen-bond acceptors (Lipinski definition) is 10. The first-order chi connectivity index (χ1) is 33.5. The van der Waals surface area contributed by atoms with Gasteiger partial charge in [0.15, 0.2) is 0 Å². The minimum Gasteiger partial charge on any atom is -0.467 e. The number of carbonyl (C=O) groups is 5. The molecule has 13 nitrogen and oxygen atoms in total. The molecule has 2 amide bonds. The Kier molecular flexibility index (Phi) is 16.9. The average Bonchev–Trinajstić information content (AvgIpc) is 3.76. The number of ether oxygens (including phenoxy) is 2. The molecule has 14 heteroatoms. The molecule has 6 aromatic rings. The number of piperazine rings is 2. The van der Waals surface area contributed by atoms with Crippen LogP contribution in [-0.4, -0.2) is 125 Å². The number of aryl methyl sites for hydroxylation is 1. The molecule has 0 N–H and O–H groups in total. The Hall–Kier alpha value is -7.45. The van der Waals surface area contributed by atoms with Gasteiger partial charge >= 0.3 is 11.9 Å². The van der Waals surface area contributed by atoms with Crippen LogP contribution in [0.25, 0.3) is 0 Å². The third-order valence-corrected chi connectivity index (χ3v) is 12.8. The maximum absolute atomic E-state index is 14.2. The molecule has 2 aliphatic heterocycles. The monoisotopic (exact) mass is 946 g/mol. The molecule has 5 aromatic carbocycles. The summed E-state index contributed by atoms with van der Waals surface area (Å²) in [5.74, 6) is -1.35. The summed E-state index contributed by atoms with van der Waals surface area (Å²) in [5, 5.41) is 4.71. The Balaban J connectivity index is 0.000000208. The zero-order chi connectivity index (χ0) is 48.9. The molecular weight excluding hydrogens is 889 g/mol. The van der Waals surface area contributed by atoms with Gasteiger partial charge in [-0.15, -0.1) is 0 Å². The van der Waals surface area contributed by atoms with E-state index in [1.165, 1.54) is 21.1 Å². The smallest absolute Gasteiger partial charge is 0.330 e. The van der Waals surface area contributed by atoms with E-state index in [0.29, 0.717) is 44.3 Å². The van der Waals surface area contributed by atoms with Crippen molar-refractivity contribution in [1.29, 1.82) is 0 Å². The number of nitrogens with zero attached hydrogens (tertiary/aromatic N) is 6. The Labute approximate surface area is 409 Å². The third-order valence-electron chi connectivity index (χ3n) is 12.4. The molecule has 2 fully saturated rings. The van der Waals surface area contributed by atoms with Crippen LogP contribution >= 0.6 is 12.2 Å². The van der Waals surface area contributed by atoms with Crippen molar-refractivity contribution < 1.29 is 33.4 Å². The van der Waals surface area contributed by atoms with Gasteiger partial charge in [0.2, 0.25) is 11.8 Å². The van der Waals surface area contributed by atoms with Crippen LogP contribution in [0.4, 0.5) is 5.82 Å². The highest BCUT2D eigenvalue weighted by Gasteiger charge is 2.42. The third kappa shape index (κ3) is 12.2. The highest BCUT2D eigenvalue weighted by molar-refractivity contribution is 7.80. The standard InChI is InChI=1S/C31H32N4O3.C24H26N2O4S/c1-23-20-28(35(32-23)21-24-12-6-3-7-13-24)33-18-19-34(27(22-33)31(37)38-2)30(36)29(25-14-8-4-9-15-25)26-16-10-5-11-17-26;1-17(27)15-21(31)25-13-14-26(20(16-25)24(29)30-2)23(28)22(18-9-5-3-6-10-18)19-11-7-4-8-12-19/h3-17,20,27,29H,18-19,21-22H2,1-2H3;3-12,20,22H,13-16H2,1-2H3/t27-;20-/m00/s1. The number of esters is 2. The molecule has 0 unspecified atom stereocenters. The van der Waals surface area contributed by atoms with Crippen molar-refractivity contribution in [3.05, 3.63) is 191 Å². The van der Waals surface area contributed by atoms with Crippen LogP contribution in [0.1, 0.15) is 58.7 Å². The number of aromatic nitrogens is 2. The van der Waals surface area contributed by atoms with E-state index < -0.39 is 35.9 Å². The molecule has 1 aromatic heterocycles. The second kappa shape index (κ2) is 23.5. The van der Waals surface area contributed by atoms with Gasteiger partial charge in [-0.1, -0.05) is 164 Å². The maximum atomic E-state index is 14.2. The number of hydrogen-bond donors (Lipinski definition) is 0. The zero-order valence-corrected chi connectivity index (χ0v) is 40.2. The number of methoxy groups -OCH3 is 2. The molecule has 69 heavy (non-hydrogen) atoms. The molecule has 2 saturated heterocycles.